The first kappa shape index (κ1) is 7.12. The van der Waals surface area contributed by atoms with E-state index in [0.29, 0.717) is 11.5 Å². The number of esters is 1. The molecule has 0 spiro atoms. The summed E-state index contributed by atoms with van der Waals surface area (Å²) >= 11 is 0. The molecule has 4 nitrogen and oxygen atoms in total. The zero-order valence-electron chi connectivity index (χ0n) is 6.06. The Hall–Kier alpha value is -1.55. The van der Waals surface area contributed by atoms with Gasteiger partial charge in [0.1, 0.15) is 0 Å². The van der Waals surface area contributed by atoms with Crippen LogP contribution < -0.4 is 0 Å². The zero-order chi connectivity index (χ0) is 8.55. The highest BCUT2D eigenvalue weighted by atomic mass is 16.6. The van der Waals surface area contributed by atoms with Crippen LogP contribution in [-0.2, 0) is 14.3 Å². The topological polar surface area (TPSA) is 55.8 Å². The van der Waals surface area contributed by atoms with Crippen molar-refractivity contribution in [1.29, 1.82) is 0 Å². The van der Waals surface area contributed by atoms with E-state index in [0.717, 1.165) is 0 Å². The maximum absolute atomic E-state index is 10.6. The lowest BCUT2D eigenvalue weighted by molar-refractivity contribution is -0.132. The van der Waals surface area contributed by atoms with Crippen LogP contribution in [-0.4, -0.2) is 17.4 Å². The van der Waals surface area contributed by atoms with Gasteiger partial charge < -0.3 is 14.6 Å². The normalized spacial score (nSPS) is 32.4. The molecule has 0 aliphatic carbocycles. The molecule has 2 aliphatic rings. The molecule has 0 amide bonds. The van der Waals surface area contributed by atoms with Gasteiger partial charge in [0.2, 0.25) is 6.29 Å². The number of hydrogen-bond acceptors (Lipinski definition) is 4. The molecule has 0 bridgehead atoms. The van der Waals surface area contributed by atoms with E-state index in [1.807, 2.05) is 0 Å². The fourth-order valence-corrected chi connectivity index (χ4v) is 0.971. The molecular weight excluding hydrogens is 160 g/mol. The van der Waals surface area contributed by atoms with Crippen LogP contribution in [0.2, 0.25) is 0 Å². The number of aliphatic hydroxyl groups is 1. The highest BCUT2D eigenvalue weighted by Gasteiger charge is 2.19. The minimum atomic E-state index is -0.930. The third-order valence-corrected chi connectivity index (χ3v) is 1.48. The van der Waals surface area contributed by atoms with Crippen molar-refractivity contribution in [3.63, 3.8) is 0 Å². The number of cyclic esters (lactones) is 1. The van der Waals surface area contributed by atoms with Crippen LogP contribution in [0.1, 0.15) is 0 Å². The van der Waals surface area contributed by atoms with Crippen LogP contribution in [0, 0.1) is 0 Å². The molecule has 0 aromatic rings. The second-order valence-electron chi connectivity index (χ2n) is 2.35. The Kier molecular flexibility index (Phi) is 1.48. The molecule has 0 saturated heterocycles. The van der Waals surface area contributed by atoms with Gasteiger partial charge in [-0.1, -0.05) is 0 Å². The summed E-state index contributed by atoms with van der Waals surface area (Å²) in [4.78, 5) is 10.6. The quantitative estimate of drug-likeness (QED) is 0.523. The Balaban J connectivity index is 2.24. The van der Waals surface area contributed by atoms with Gasteiger partial charge >= 0.3 is 5.97 Å². The molecule has 1 N–H and O–H groups in total. The smallest absolute Gasteiger partial charge is 0.336 e. The van der Waals surface area contributed by atoms with E-state index in [2.05, 4.69) is 0 Å². The van der Waals surface area contributed by atoms with Crippen LogP contribution in [0.3, 0.4) is 0 Å². The van der Waals surface area contributed by atoms with Crippen molar-refractivity contribution in [2.45, 2.75) is 6.29 Å². The lowest BCUT2D eigenvalue weighted by Gasteiger charge is -2.04. The molecule has 2 rings (SSSR count). The number of hydrogen-bond donors (Lipinski definition) is 1. The van der Waals surface area contributed by atoms with Crippen molar-refractivity contribution >= 4 is 5.97 Å². The number of aliphatic hydroxyl groups excluding tert-OH is 1. The third kappa shape index (κ3) is 1.12. The first-order valence-electron chi connectivity index (χ1n) is 3.43. The molecule has 0 fully saturated rings. The van der Waals surface area contributed by atoms with E-state index in [1.54, 1.807) is 6.08 Å². The first-order valence-corrected chi connectivity index (χ1v) is 3.43. The second-order valence-corrected chi connectivity index (χ2v) is 2.35. The van der Waals surface area contributed by atoms with Gasteiger partial charge in [0.05, 0.1) is 0 Å². The van der Waals surface area contributed by atoms with Crippen LogP contribution in [0.4, 0.5) is 0 Å². The fraction of sp³-hybridized carbons (Fsp3) is 0.125. The Morgan fingerprint density at radius 3 is 2.58 bits per heavy atom. The number of carbonyl (C=O) groups is 1. The maximum Gasteiger partial charge on any atom is 0.336 e. The lowest BCUT2D eigenvalue weighted by atomic mass is 10.4. The molecule has 1 unspecified atom stereocenters. The third-order valence-electron chi connectivity index (χ3n) is 1.48. The molecule has 2 aliphatic heterocycles. The van der Waals surface area contributed by atoms with E-state index < -0.39 is 12.3 Å². The van der Waals surface area contributed by atoms with Crippen molar-refractivity contribution in [3.8, 4) is 0 Å². The molecule has 0 radical (unpaired) electrons. The number of ether oxygens (including phenoxy) is 2. The highest BCUT2D eigenvalue weighted by Crippen LogP contribution is 2.21. The van der Waals surface area contributed by atoms with Gasteiger partial charge in [0, 0.05) is 6.08 Å². The van der Waals surface area contributed by atoms with Gasteiger partial charge in [-0.15, -0.1) is 0 Å². The largest absolute Gasteiger partial charge is 0.458 e. The minimum absolute atomic E-state index is 0.341. The molecule has 0 aromatic heterocycles. The summed E-state index contributed by atoms with van der Waals surface area (Å²) in [5.74, 6) is 0.299. The Morgan fingerprint density at radius 1 is 1.25 bits per heavy atom. The summed E-state index contributed by atoms with van der Waals surface area (Å²) in [5, 5.41) is 8.92. The summed E-state index contributed by atoms with van der Waals surface area (Å²) in [6, 6.07) is 0. The predicted molar refractivity (Wildman–Crippen MR) is 38.5 cm³/mol. The van der Waals surface area contributed by atoms with Crippen molar-refractivity contribution in [2.75, 3.05) is 0 Å². The van der Waals surface area contributed by atoms with E-state index >= 15 is 0 Å². The van der Waals surface area contributed by atoms with Crippen LogP contribution in [0.5, 0.6) is 0 Å². The average Bonchev–Trinajstić information content (AvgIpc) is 2.58. The molecule has 2 heterocycles. The Labute approximate surface area is 68.4 Å². The minimum Gasteiger partial charge on any atom is -0.458 e. The van der Waals surface area contributed by atoms with Crippen molar-refractivity contribution in [1.82, 2.24) is 0 Å². The molecule has 1 atom stereocenters. The summed E-state index contributed by atoms with van der Waals surface area (Å²) in [6.45, 7) is 0. The number of rotatable bonds is 0. The van der Waals surface area contributed by atoms with Crippen molar-refractivity contribution in [2.24, 2.45) is 0 Å². The number of carbonyl (C=O) groups excluding carboxylic acids is 1. The number of allylic oxidation sites excluding steroid dienone is 2. The van der Waals surface area contributed by atoms with Gasteiger partial charge in [-0.05, 0) is 18.2 Å². The summed E-state index contributed by atoms with van der Waals surface area (Å²) < 4.78 is 9.62. The maximum atomic E-state index is 10.6. The van der Waals surface area contributed by atoms with Crippen LogP contribution >= 0.6 is 0 Å². The van der Waals surface area contributed by atoms with Crippen LogP contribution in [0.25, 0.3) is 0 Å². The van der Waals surface area contributed by atoms with Crippen molar-refractivity contribution < 1.29 is 19.4 Å². The van der Waals surface area contributed by atoms with Gasteiger partial charge in [0.15, 0.2) is 11.5 Å². The van der Waals surface area contributed by atoms with Gasteiger partial charge in [-0.25, -0.2) is 4.79 Å². The molecule has 0 aromatic carbocycles. The van der Waals surface area contributed by atoms with E-state index in [1.165, 1.54) is 18.2 Å². The fourth-order valence-electron chi connectivity index (χ4n) is 0.971. The zero-order valence-corrected chi connectivity index (χ0v) is 6.06. The summed E-state index contributed by atoms with van der Waals surface area (Å²) in [7, 11) is 0. The first-order chi connectivity index (χ1) is 5.75. The molecule has 0 saturated carbocycles. The Bertz CT molecular complexity index is 311. The molecule has 4 heteroatoms. The highest BCUT2D eigenvalue weighted by molar-refractivity contribution is 5.86. The van der Waals surface area contributed by atoms with E-state index in [-0.39, 0.29) is 0 Å². The SMILES string of the molecule is O=C1C=C/C(=C2\C=CC(O)O2)O1. The molecule has 62 valence electrons. The standard InChI is InChI=1S/C8H6O4/c9-7-3-1-5(11-7)6-2-4-8(10)12-6/h1-4,7,9H/b6-5-. The van der Waals surface area contributed by atoms with Crippen LogP contribution in [0.15, 0.2) is 35.8 Å². The van der Waals surface area contributed by atoms with E-state index in [4.69, 9.17) is 14.6 Å². The van der Waals surface area contributed by atoms with Crippen molar-refractivity contribution in [3.05, 3.63) is 35.8 Å². The monoisotopic (exact) mass is 166 g/mol. The Morgan fingerprint density at radius 2 is 2.08 bits per heavy atom. The van der Waals surface area contributed by atoms with Gasteiger partial charge in [-0.2, -0.15) is 0 Å². The van der Waals surface area contributed by atoms with Gasteiger partial charge in [-0.3, -0.25) is 0 Å². The lowest BCUT2D eigenvalue weighted by Crippen LogP contribution is -2.02. The summed E-state index contributed by atoms with van der Waals surface area (Å²) in [6.07, 6.45) is 4.88. The molecular formula is C8H6O4. The van der Waals surface area contributed by atoms with E-state index in [9.17, 15) is 4.79 Å². The predicted octanol–water partition coefficient (Wildman–Crippen LogP) is 0.216. The summed E-state index contributed by atoms with van der Waals surface area (Å²) in [5.41, 5.74) is 0. The molecule has 12 heavy (non-hydrogen) atoms. The second kappa shape index (κ2) is 2.49. The van der Waals surface area contributed by atoms with Gasteiger partial charge in [0.25, 0.3) is 0 Å². The average molecular weight is 166 g/mol.